The van der Waals surface area contributed by atoms with Crippen LogP contribution < -0.4 is 19.1 Å². The lowest BCUT2D eigenvalue weighted by Gasteiger charge is -2.25. The van der Waals surface area contributed by atoms with Gasteiger partial charge < -0.3 is 14.8 Å². The van der Waals surface area contributed by atoms with E-state index in [1.165, 1.54) is 20.3 Å². The number of amides is 1. The summed E-state index contributed by atoms with van der Waals surface area (Å²) in [5.41, 5.74) is 3.11. The third kappa shape index (κ3) is 5.84. The molecule has 33 heavy (non-hydrogen) atoms. The van der Waals surface area contributed by atoms with Crippen molar-refractivity contribution in [3.63, 3.8) is 0 Å². The van der Waals surface area contributed by atoms with Crippen LogP contribution in [0, 0.1) is 13.8 Å². The standard InChI is InChI=1S/C25H28N2O5S/c1-18-6-5-7-20(14-18)16-26-25(28)17-27(21-9-11-22(31-3)12-10-21)33(29,30)24-15-19(2)8-13-23(24)32-4/h5-15H,16-17H2,1-4H3,(H,26,28). The van der Waals surface area contributed by atoms with E-state index in [4.69, 9.17) is 9.47 Å². The summed E-state index contributed by atoms with van der Waals surface area (Å²) in [7, 11) is -1.18. The number of methoxy groups -OCH3 is 2. The maximum absolute atomic E-state index is 13.7. The molecule has 0 radical (unpaired) electrons. The lowest BCUT2D eigenvalue weighted by Crippen LogP contribution is -2.40. The Balaban J connectivity index is 1.94. The molecule has 1 N–H and O–H groups in total. The number of ether oxygens (including phenoxy) is 2. The minimum absolute atomic E-state index is 0.00713. The normalized spacial score (nSPS) is 11.0. The number of aryl methyl sites for hydroxylation is 2. The van der Waals surface area contributed by atoms with Crippen molar-refractivity contribution in [2.45, 2.75) is 25.3 Å². The lowest BCUT2D eigenvalue weighted by molar-refractivity contribution is -0.119. The fourth-order valence-electron chi connectivity index (χ4n) is 3.38. The maximum atomic E-state index is 13.7. The molecule has 0 bridgehead atoms. The van der Waals surface area contributed by atoms with Crippen molar-refractivity contribution < 1.29 is 22.7 Å². The highest BCUT2D eigenvalue weighted by Crippen LogP contribution is 2.31. The summed E-state index contributed by atoms with van der Waals surface area (Å²) in [6, 6.07) is 19.2. The number of hydrogen-bond donors (Lipinski definition) is 1. The molecule has 1 amide bonds. The van der Waals surface area contributed by atoms with Gasteiger partial charge in [-0.2, -0.15) is 0 Å². The van der Waals surface area contributed by atoms with Crippen molar-refractivity contribution in [2.75, 3.05) is 25.1 Å². The summed E-state index contributed by atoms with van der Waals surface area (Å²) >= 11 is 0. The number of nitrogens with zero attached hydrogens (tertiary/aromatic N) is 1. The van der Waals surface area contributed by atoms with Gasteiger partial charge in [0.05, 0.1) is 19.9 Å². The molecule has 3 rings (SSSR count). The first kappa shape index (κ1) is 24.1. The number of rotatable bonds is 9. The van der Waals surface area contributed by atoms with Crippen LogP contribution in [0.2, 0.25) is 0 Å². The van der Waals surface area contributed by atoms with Crippen LogP contribution in [-0.4, -0.2) is 35.1 Å². The Morgan fingerprint density at radius 3 is 2.24 bits per heavy atom. The first-order valence-corrected chi connectivity index (χ1v) is 11.8. The van der Waals surface area contributed by atoms with E-state index in [1.54, 1.807) is 43.3 Å². The zero-order valence-electron chi connectivity index (χ0n) is 19.2. The first-order chi connectivity index (χ1) is 15.7. The van der Waals surface area contributed by atoms with Gasteiger partial charge in [0.25, 0.3) is 10.0 Å². The second-order valence-electron chi connectivity index (χ2n) is 7.63. The Kier molecular flexibility index (Phi) is 7.60. The molecule has 0 aliphatic carbocycles. The van der Waals surface area contributed by atoms with E-state index in [2.05, 4.69) is 5.32 Å². The highest BCUT2D eigenvalue weighted by atomic mass is 32.2. The summed E-state index contributed by atoms with van der Waals surface area (Å²) in [6.07, 6.45) is 0. The third-order valence-electron chi connectivity index (χ3n) is 5.11. The first-order valence-electron chi connectivity index (χ1n) is 10.4. The van der Waals surface area contributed by atoms with Gasteiger partial charge in [-0.05, 0) is 61.4 Å². The van der Waals surface area contributed by atoms with Crippen molar-refractivity contribution in [3.05, 3.63) is 83.4 Å². The Morgan fingerprint density at radius 1 is 0.909 bits per heavy atom. The molecular weight excluding hydrogens is 440 g/mol. The molecule has 0 aliphatic rings. The molecule has 0 aliphatic heterocycles. The fourth-order valence-corrected chi connectivity index (χ4v) is 5.04. The summed E-state index contributed by atoms with van der Waals surface area (Å²) in [6.45, 7) is 3.67. The molecule has 8 heteroatoms. The summed E-state index contributed by atoms with van der Waals surface area (Å²) in [5, 5.41) is 2.81. The fraction of sp³-hybridized carbons (Fsp3) is 0.240. The molecule has 7 nitrogen and oxygen atoms in total. The molecule has 0 saturated carbocycles. The second kappa shape index (κ2) is 10.4. The number of sulfonamides is 1. The van der Waals surface area contributed by atoms with Gasteiger partial charge in [0, 0.05) is 6.54 Å². The lowest BCUT2D eigenvalue weighted by atomic mass is 10.1. The number of nitrogens with one attached hydrogen (secondary N) is 1. The van der Waals surface area contributed by atoms with Gasteiger partial charge >= 0.3 is 0 Å². The predicted molar refractivity (Wildman–Crippen MR) is 128 cm³/mol. The van der Waals surface area contributed by atoms with Crippen LogP contribution in [0.4, 0.5) is 5.69 Å². The summed E-state index contributed by atoms with van der Waals surface area (Å²) in [4.78, 5) is 12.8. The number of hydrogen-bond acceptors (Lipinski definition) is 5. The monoisotopic (exact) mass is 468 g/mol. The van der Waals surface area contributed by atoms with Gasteiger partial charge in [-0.1, -0.05) is 35.9 Å². The van der Waals surface area contributed by atoms with Crippen molar-refractivity contribution in [3.8, 4) is 11.5 Å². The molecule has 174 valence electrons. The Labute approximate surface area is 195 Å². The Morgan fingerprint density at radius 2 is 1.61 bits per heavy atom. The molecule has 3 aromatic carbocycles. The zero-order valence-corrected chi connectivity index (χ0v) is 20.0. The number of benzene rings is 3. The molecular formula is C25H28N2O5S. The second-order valence-corrected chi connectivity index (χ2v) is 9.46. The van der Waals surface area contributed by atoms with Gasteiger partial charge in [0.15, 0.2) is 0 Å². The third-order valence-corrected chi connectivity index (χ3v) is 6.90. The van der Waals surface area contributed by atoms with Crippen molar-refractivity contribution in [1.29, 1.82) is 0 Å². The van der Waals surface area contributed by atoms with Crippen LogP contribution in [0.25, 0.3) is 0 Å². The van der Waals surface area contributed by atoms with Gasteiger partial charge in [-0.15, -0.1) is 0 Å². The molecule has 0 spiro atoms. The van der Waals surface area contributed by atoms with Gasteiger partial charge in [0.1, 0.15) is 22.9 Å². The highest BCUT2D eigenvalue weighted by molar-refractivity contribution is 7.93. The van der Waals surface area contributed by atoms with E-state index in [-0.39, 0.29) is 10.6 Å². The minimum atomic E-state index is -4.12. The molecule has 0 aromatic heterocycles. The Hall–Kier alpha value is -3.52. The zero-order chi connectivity index (χ0) is 24.0. The van der Waals surface area contributed by atoms with Gasteiger partial charge in [0.2, 0.25) is 5.91 Å². The average Bonchev–Trinajstić information content (AvgIpc) is 2.81. The van der Waals surface area contributed by atoms with Crippen molar-refractivity contribution in [2.24, 2.45) is 0 Å². The molecule has 0 atom stereocenters. The van der Waals surface area contributed by atoms with Crippen LogP contribution in [0.5, 0.6) is 11.5 Å². The van der Waals surface area contributed by atoms with E-state index in [0.29, 0.717) is 18.0 Å². The van der Waals surface area contributed by atoms with E-state index in [9.17, 15) is 13.2 Å². The summed E-state index contributed by atoms with van der Waals surface area (Å²) in [5.74, 6) is 0.356. The number of anilines is 1. The van der Waals surface area contributed by atoms with E-state index >= 15 is 0 Å². The largest absolute Gasteiger partial charge is 0.497 e. The van der Waals surface area contributed by atoms with E-state index < -0.39 is 22.5 Å². The Bertz CT molecular complexity index is 1220. The van der Waals surface area contributed by atoms with Gasteiger partial charge in [-0.3, -0.25) is 9.10 Å². The minimum Gasteiger partial charge on any atom is -0.497 e. The van der Waals surface area contributed by atoms with Crippen LogP contribution in [-0.2, 0) is 21.4 Å². The van der Waals surface area contributed by atoms with E-state index in [1.807, 2.05) is 31.2 Å². The number of carbonyl (C=O) groups is 1. The molecule has 0 fully saturated rings. The average molecular weight is 469 g/mol. The smallest absolute Gasteiger partial charge is 0.268 e. The molecule has 3 aromatic rings. The highest BCUT2D eigenvalue weighted by Gasteiger charge is 2.30. The molecule has 0 saturated heterocycles. The number of carbonyl (C=O) groups excluding carboxylic acids is 1. The summed E-state index contributed by atoms with van der Waals surface area (Å²) < 4.78 is 39.0. The SMILES string of the molecule is COc1ccc(N(CC(=O)NCc2cccc(C)c2)S(=O)(=O)c2cc(C)ccc2OC)cc1. The van der Waals surface area contributed by atoms with Crippen LogP contribution in [0.15, 0.2) is 71.6 Å². The predicted octanol–water partition coefficient (Wildman–Crippen LogP) is 3.83. The van der Waals surface area contributed by atoms with E-state index in [0.717, 1.165) is 21.0 Å². The quantitative estimate of drug-likeness (QED) is 0.516. The van der Waals surface area contributed by atoms with Crippen molar-refractivity contribution in [1.82, 2.24) is 5.32 Å². The molecule has 0 unspecified atom stereocenters. The molecule has 0 heterocycles. The topological polar surface area (TPSA) is 84.9 Å². The van der Waals surface area contributed by atoms with Crippen LogP contribution in [0.3, 0.4) is 0 Å². The van der Waals surface area contributed by atoms with Gasteiger partial charge in [-0.25, -0.2) is 8.42 Å². The van der Waals surface area contributed by atoms with Crippen LogP contribution >= 0.6 is 0 Å². The van der Waals surface area contributed by atoms with Crippen molar-refractivity contribution >= 4 is 21.6 Å². The van der Waals surface area contributed by atoms with Crippen LogP contribution in [0.1, 0.15) is 16.7 Å². The maximum Gasteiger partial charge on any atom is 0.268 e.